The smallest absolute Gasteiger partial charge is 0.257 e. The van der Waals surface area contributed by atoms with E-state index in [0.717, 1.165) is 12.8 Å². The predicted octanol–water partition coefficient (Wildman–Crippen LogP) is 2.59. The third-order valence-corrected chi connectivity index (χ3v) is 9.07. The standard InChI is InChI=1S/C25H28ClN3O6S/c26-18-6-8-19(9-7-18)36(33,34)29-11-10-17-14-28(12-13-30)25(32)20-2-1-3-21(23(20)35-22(17)15-29)27-24(31)16-4-5-16/h1-3,6-9,16-17,22,30H,4-5,10-15H2,(H,27,31)/t17-,22-/m0/s1. The third kappa shape index (κ3) is 4.95. The summed E-state index contributed by atoms with van der Waals surface area (Å²) in [6, 6.07) is 11.0. The van der Waals surface area contributed by atoms with Crippen LogP contribution in [0.25, 0.3) is 0 Å². The van der Waals surface area contributed by atoms with E-state index in [9.17, 15) is 23.1 Å². The molecule has 2 amide bonds. The van der Waals surface area contributed by atoms with Crippen LogP contribution < -0.4 is 10.1 Å². The number of piperidine rings is 1. The lowest BCUT2D eigenvalue weighted by Gasteiger charge is -2.42. The molecule has 2 heterocycles. The molecule has 0 aromatic heterocycles. The fourth-order valence-corrected chi connectivity index (χ4v) is 6.36. The highest BCUT2D eigenvalue weighted by Gasteiger charge is 2.41. The summed E-state index contributed by atoms with van der Waals surface area (Å²) in [7, 11) is -3.79. The number of aliphatic hydroxyl groups is 1. The number of sulfonamides is 1. The molecule has 2 N–H and O–H groups in total. The number of halogens is 1. The molecule has 0 bridgehead atoms. The van der Waals surface area contributed by atoms with Crippen molar-refractivity contribution in [2.24, 2.45) is 11.8 Å². The van der Waals surface area contributed by atoms with E-state index in [1.807, 2.05) is 0 Å². The van der Waals surface area contributed by atoms with Crippen molar-refractivity contribution >= 4 is 39.1 Å². The molecule has 36 heavy (non-hydrogen) atoms. The SMILES string of the molecule is O=C(Nc1cccc2c1O[C@H]1CN(S(=O)(=O)c3ccc(Cl)cc3)CC[C@H]1CN(CCO)C2=O)C1CC1. The first kappa shape index (κ1) is 25.0. The van der Waals surface area contributed by atoms with E-state index in [1.54, 1.807) is 23.1 Å². The van der Waals surface area contributed by atoms with Gasteiger partial charge in [-0.05, 0) is 55.7 Å². The molecule has 3 aliphatic rings. The lowest BCUT2D eigenvalue weighted by molar-refractivity contribution is -0.117. The fourth-order valence-electron chi connectivity index (χ4n) is 4.77. The first-order chi connectivity index (χ1) is 17.3. The van der Waals surface area contributed by atoms with E-state index in [4.69, 9.17) is 16.3 Å². The molecule has 0 unspecified atom stereocenters. The van der Waals surface area contributed by atoms with Gasteiger partial charge in [-0.25, -0.2) is 8.42 Å². The molecule has 5 rings (SSSR count). The van der Waals surface area contributed by atoms with Crippen LogP contribution in [0.5, 0.6) is 5.75 Å². The van der Waals surface area contributed by atoms with E-state index >= 15 is 0 Å². The monoisotopic (exact) mass is 533 g/mol. The number of carbonyl (C=O) groups excluding carboxylic acids is 2. The summed E-state index contributed by atoms with van der Waals surface area (Å²) < 4.78 is 34.5. The van der Waals surface area contributed by atoms with Gasteiger partial charge < -0.3 is 20.1 Å². The molecule has 2 aromatic carbocycles. The van der Waals surface area contributed by atoms with Gasteiger partial charge in [-0.3, -0.25) is 9.59 Å². The van der Waals surface area contributed by atoms with Gasteiger partial charge in [-0.2, -0.15) is 4.31 Å². The Balaban J connectivity index is 1.48. The van der Waals surface area contributed by atoms with E-state index in [1.165, 1.54) is 28.6 Å². The normalized spacial score (nSPS) is 22.6. The largest absolute Gasteiger partial charge is 0.486 e. The summed E-state index contributed by atoms with van der Waals surface area (Å²) in [6.45, 7) is 0.628. The van der Waals surface area contributed by atoms with Crippen LogP contribution in [0.3, 0.4) is 0 Å². The van der Waals surface area contributed by atoms with Gasteiger partial charge in [0.15, 0.2) is 5.75 Å². The highest BCUT2D eigenvalue weighted by molar-refractivity contribution is 7.89. The molecule has 0 spiro atoms. The summed E-state index contributed by atoms with van der Waals surface area (Å²) >= 11 is 5.94. The lowest BCUT2D eigenvalue weighted by Crippen LogP contribution is -2.53. The molecule has 2 fully saturated rings. The van der Waals surface area contributed by atoms with Crippen molar-refractivity contribution in [3.63, 3.8) is 0 Å². The van der Waals surface area contributed by atoms with Crippen molar-refractivity contribution in [1.29, 1.82) is 0 Å². The zero-order chi connectivity index (χ0) is 25.4. The number of rotatable bonds is 6. The summed E-state index contributed by atoms with van der Waals surface area (Å²) in [5, 5.41) is 12.9. The summed E-state index contributed by atoms with van der Waals surface area (Å²) in [5.74, 6) is -0.382. The Labute approximate surface area is 215 Å². The topological polar surface area (TPSA) is 116 Å². The zero-order valence-corrected chi connectivity index (χ0v) is 21.2. The van der Waals surface area contributed by atoms with Crippen LogP contribution >= 0.6 is 11.6 Å². The average Bonchev–Trinajstić information content (AvgIpc) is 3.70. The Morgan fingerprint density at radius 3 is 2.56 bits per heavy atom. The summed E-state index contributed by atoms with van der Waals surface area (Å²) in [5.41, 5.74) is 0.660. The van der Waals surface area contributed by atoms with Gasteiger partial charge in [0.25, 0.3) is 5.91 Å². The molecule has 2 aliphatic heterocycles. The average molecular weight is 534 g/mol. The number of carbonyl (C=O) groups is 2. The van der Waals surface area contributed by atoms with Crippen molar-refractivity contribution in [3.8, 4) is 5.75 Å². The van der Waals surface area contributed by atoms with Crippen molar-refractivity contribution in [1.82, 2.24) is 9.21 Å². The van der Waals surface area contributed by atoms with Crippen LogP contribution in [0.2, 0.25) is 5.02 Å². The van der Waals surface area contributed by atoms with Crippen LogP contribution in [0.15, 0.2) is 47.4 Å². The van der Waals surface area contributed by atoms with Crippen LogP contribution in [0.1, 0.15) is 29.6 Å². The Kier molecular flexibility index (Phi) is 6.95. The number of anilines is 1. The summed E-state index contributed by atoms with van der Waals surface area (Å²) in [4.78, 5) is 27.6. The number of benzene rings is 2. The second-order valence-electron chi connectivity index (χ2n) is 9.44. The first-order valence-electron chi connectivity index (χ1n) is 12.0. The maximum absolute atomic E-state index is 13.4. The van der Waals surface area contributed by atoms with Crippen LogP contribution in [0.4, 0.5) is 5.69 Å². The molecule has 192 valence electrons. The first-order valence-corrected chi connectivity index (χ1v) is 13.9. The minimum atomic E-state index is -3.79. The Bertz CT molecular complexity index is 1270. The van der Waals surface area contributed by atoms with Crippen LogP contribution in [0, 0.1) is 11.8 Å². The highest BCUT2D eigenvalue weighted by atomic mass is 35.5. The predicted molar refractivity (Wildman–Crippen MR) is 134 cm³/mol. The number of aliphatic hydroxyl groups excluding tert-OH is 1. The van der Waals surface area contributed by atoms with Gasteiger partial charge in [0, 0.05) is 36.5 Å². The van der Waals surface area contributed by atoms with Gasteiger partial charge in [-0.1, -0.05) is 17.7 Å². The molecular formula is C25H28ClN3O6S. The Morgan fingerprint density at radius 1 is 1.11 bits per heavy atom. The number of nitrogens with zero attached hydrogens (tertiary/aromatic N) is 2. The second-order valence-corrected chi connectivity index (χ2v) is 11.8. The van der Waals surface area contributed by atoms with E-state index < -0.39 is 16.1 Å². The molecule has 1 saturated carbocycles. The fraction of sp³-hybridized carbons (Fsp3) is 0.440. The minimum Gasteiger partial charge on any atom is -0.486 e. The van der Waals surface area contributed by atoms with Gasteiger partial charge >= 0.3 is 0 Å². The molecule has 1 aliphatic carbocycles. The third-order valence-electron chi connectivity index (χ3n) is 6.94. The Morgan fingerprint density at radius 2 is 1.86 bits per heavy atom. The lowest BCUT2D eigenvalue weighted by atomic mass is 9.92. The number of β-amino-alcohol motifs (C(OH)–C–C–N with tert-alkyl or cyclic N) is 1. The Hall–Kier alpha value is -2.66. The number of para-hydroxylation sites is 1. The second kappa shape index (κ2) is 10.0. The van der Waals surface area contributed by atoms with Gasteiger partial charge in [0.2, 0.25) is 15.9 Å². The van der Waals surface area contributed by atoms with Crippen molar-refractivity contribution < 1.29 is 27.9 Å². The van der Waals surface area contributed by atoms with E-state index in [2.05, 4.69) is 5.32 Å². The van der Waals surface area contributed by atoms with Gasteiger partial charge in [0.05, 0.1) is 29.3 Å². The quantitative estimate of drug-likeness (QED) is 0.589. The number of fused-ring (bicyclic) bond motifs is 2. The van der Waals surface area contributed by atoms with Gasteiger partial charge in [-0.15, -0.1) is 0 Å². The van der Waals surface area contributed by atoms with E-state index in [-0.39, 0.29) is 66.1 Å². The molecule has 9 nitrogen and oxygen atoms in total. The number of amides is 2. The number of ether oxygens (including phenoxy) is 1. The van der Waals surface area contributed by atoms with Crippen molar-refractivity contribution in [2.75, 3.05) is 38.1 Å². The number of hydrogen-bond donors (Lipinski definition) is 2. The minimum absolute atomic E-state index is 0.0431. The van der Waals surface area contributed by atoms with Gasteiger partial charge in [0.1, 0.15) is 6.10 Å². The van der Waals surface area contributed by atoms with Crippen molar-refractivity contribution in [2.45, 2.75) is 30.3 Å². The molecule has 2 aromatic rings. The maximum atomic E-state index is 13.4. The molecule has 2 atom stereocenters. The number of hydrogen-bond acceptors (Lipinski definition) is 6. The highest BCUT2D eigenvalue weighted by Crippen LogP contribution is 2.38. The molecule has 1 saturated heterocycles. The molecular weight excluding hydrogens is 506 g/mol. The molecule has 11 heteroatoms. The number of nitrogens with one attached hydrogen (secondary N) is 1. The van der Waals surface area contributed by atoms with Crippen molar-refractivity contribution in [3.05, 3.63) is 53.1 Å². The maximum Gasteiger partial charge on any atom is 0.257 e. The van der Waals surface area contributed by atoms with E-state index in [0.29, 0.717) is 23.7 Å². The van der Waals surface area contributed by atoms with Crippen LogP contribution in [-0.4, -0.2) is 73.4 Å². The molecule has 0 radical (unpaired) electrons. The van der Waals surface area contributed by atoms with Crippen LogP contribution in [-0.2, 0) is 14.8 Å². The summed E-state index contributed by atoms with van der Waals surface area (Å²) in [6.07, 6.45) is 1.56. The zero-order valence-electron chi connectivity index (χ0n) is 19.6.